The van der Waals surface area contributed by atoms with Gasteiger partial charge in [0.25, 0.3) is 0 Å². The van der Waals surface area contributed by atoms with Crippen LogP contribution >= 0.6 is 11.8 Å². The molecule has 0 atom stereocenters. The number of methoxy groups -OCH3 is 1. The predicted molar refractivity (Wildman–Crippen MR) is 97.5 cm³/mol. The quantitative estimate of drug-likeness (QED) is 0.646. The van der Waals surface area contributed by atoms with Crippen molar-refractivity contribution in [3.63, 3.8) is 0 Å². The number of hydrogen-bond acceptors (Lipinski definition) is 3. The number of hydrogen-bond donors (Lipinski definition) is 2. The molecule has 1 aromatic heterocycles. The van der Waals surface area contributed by atoms with Gasteiger partial charge in [-0.25, -0.2) is 0 Å². The van der Waals surface area contributed by atoms with Gasteiger partial charge in [-0.2, -0.15) is 0 Å². The summed E-state index contributed by atoms with van der Waals surface area (Å²) < 4.78 is 4.98. The van der Waals surface area contributed by atoms with Crippen LogP contribution < -0.4 is 5.32 Å². The molecule has 0 bridgehead atoms. The van der Waals surface area contributed by atoms with E-state index < -0.39 is 0 Å². The van der Waals surface area contributed by atoms with Crippen LogP contribution in [-0.2, 0) is 16.0 Å². The third kappa shape index (κ3) is 3.99. The normalized spacial score (nSPS) is 10.9. The number of rotatable bonds is 7. The minimum atomic E-state index is 0.00622. The van der Waals surface area contributed by atoms with Crippen molar-refractivity contribution in [3.8, 4) is 0 Å². The van der Waals surface area contributed by atoms with Crippen molar-refractivity contribution in [1.82, 2.24) is 10.3 Å². The summed E-state index contributed by atoms with van der Waals surface area (Å²) in [6.07, 6.45) is 0.350. The summed E-state index contributed by atoms with van der Waals surface area (Å²) in [6, 6.07) is 18.3. The van der Waals surface area contributed by atoms with Crippen molar-refractivity contribution in [2.24, 2.45) is 0 Å². The third-order valence-corrected chi connectivity index (χ3v) is 4.76. The van der Waals surface area contributed by atoms with Crippen molar-refractivity contribution < 1.29 is 9.53 Å². The van der Waals surface area contributed by atoms with Crippen molar-refractivity contribution in [2.75, 3.05) is 20.3 Å². The van der Waals surface area contributed by atoms with Gasteiger partial charge in [-0.3, -0.25) is 4.79 Å². The van der Waals surface area contributed by atoms with Gasteiger partial charge < -0.3 is 15.0 Å². The molecule has 24 heavy (non-hydrogen) atoms. The molecule has 124 valence electrons. The van der Waals surface area contributed by atoms with Gasteiger partial charge in [-0.1, -0.05) is 48.2 Å². The second-order valence-electron chi connectivity index (χ2n) is 5.41. The number of para-hydroxylation sites is 1. The Balaban J connectivity index is 1.86. The first kappa shape index (κ1) is 16.6. The van der Waals surface area contributed by atoms with Gasteiger partial charge in [0.15, 0.2) is 0 Å². The number of carbonyl (C=O) groups excluding carboxylic acids is 1. The molecule has 5 heteroatoms. The molecule has 2 aromatic carbocycles. The van der Waals surface area contributed by atoms with Gasteiger partial charge >= 0.3 is 0 Å². The maximum atomic E-state index is 12.2. The van der Waals surface area contributed by atoms with Crippen molar-refractivity contribution >= 4 is 28.6 Å². The number of carbonyl (C=O) groups is 1. The zero-order chi connectivity index (χ0) is 16.8. The maximum Gasteiger partial charge on any atom is 0.224 e. The Bertz CT molecular complexity index is 815. The number of H-pyrrole nitrogens is 1. The molecule has 0 aliphatic rings. The highest BCUT2D eigenvalue weighted by Gasteiger charge is 2.15. The topological polar surface area (TPSA) is 54.1 Å². The van der Waals surface area contributed by atoms with Crippen molar-refractivity contribution in [2.45, 2.75) is 16.3 Å². The fourth-order valence-electron chi connectivity index (χ4n) is 2.56. The van der Waals surface area contributed by atoms with Crippen molar-refractivity contribution in [1.29, 1.82) is 0 Å². The van der Waals surface area contributed by atoms with Crippen LogP contribution in [0.3, 0.4) is 0 Å². The summed E-state index contributed by atoms with van der Waals surface area (Å²) in [5.74, 6) is 0.00622. The lowest BCUT2D eigenvalue weighted by Crippen LogP contribution is -2.28. The van der Waals surface area contributed by atoms with E-state index in [-0.39, 0.29) is 5.91 Å². The van der Waals surface area contributed by atoms with Crippen LogP contribution in [0.15, 0.2) is 64.5 Å². The second kappa shape index (κ2) is 8.04. The van der Waals surface area contributed by atoms with E-state index >= 15 is 0 Å². The summed E-state index contributed by atoms with van der Waals surface area (Å²) in [4.78, 5) is 16.8. The van der Waals surface area contributed by atoms with E-state index in [0.717, 1.165) is 26.4 Å². The zero-order valence-corrected chi connectivity index (χ0v) is 14.4. The summed E-state index contributed by atoms with van der Waals surface area (Å²) in [5.41, 5.74) is 2.09. The Labute approximate surface area is 145 Å². The summed E-state index contributed by atoms with van der Waals surface area (Å²) >= 11 is 1.65. The van der Waals surface area contributed by atoms with E-state index in [4.69, 9.17) is 4.74 Å². The standard InChI is InChI=1S/C19H20N2O2S/c1-23-12-11-20-18(22)13-16-15-9-5-6-10-17(15)21-19(16)24-14-7-3-2-4-8-14/h2-10,21H,11-13H2,1H3,(H,20,22). The minimum absolute atomic E-state index is 0.00622. The molecule has 3 rings (SSSR count). The highest BCUT2D eigenvalue weighted by atomic mass is 32.2. The maximum absolute atomic E-state index is 12.2. The number of aromatic amines is 1. The third-order valence-electron chi connectivity index (χ3n) is 3.70. The molecule has 0 saturated heterocycles. The molecule has 3 aromatic rings. The van der Waals surface area contributed by atoms with Gasteiger partial charge in [-0.05, 0) is 18.2 Å². The Morgan fingerprint density at radius 3 is 2.67 bits per heavy atom. The monoisotopic (exact) mass is 340 g/mol. The van der Waals surface area contributed by atoms with E-state index in [2.05, 4.69) is 28.5 Å². The highest BCUT2D eigenvalue weighted by molar-refractivity contribution is 7.99. The first-order valence-corrected chi connectivity index (χ1v) is 8.67. The molecule has 0 unspecified atom stereocenters. The molecule has 0 fully saturated rings. The number of nitrogens with one attached hydrogen (secondary N) is 2. The predicted octanol–water partition coefficient (Wildman–Crippen LogP) is 3.62. The zero-order valence-electron chi connectivity index (χ0n) is 13.5. The second-order valence-corrected chi connectivity index (χ2v) is 6.50. The number of amides is 1. The van der Waals surface area contributed by atoms with Gasteiger partial charge in [0.05, 0.1) is 18.1 Å². The largest absolute Gasteiger partial charge is 0.383 e. The van der Waals surface area contributed by atoms with Crippen LogP contribution in [0.5, 0.6) is 0 Å². The van der Waals surface area contributed by atoms with Crippen LogP contribution in [-0.4, -0.2) is 31.2 Å². The Morgan fingerprint density at radius 1 is 1.12 bits per heavy atom. The molecule has 1 heterocycles. The number of benzene rings is 2. The summed E-state index contributed by atoms with van der Waals surface area (Å²) in [5, 5.41) is 5.00. The molecule has 0 aliphatic heterocycles. The van der Waals surface area contributed by atoms with Crippen LogP contribution in [0.2, 0.25) is 0 Å². The van der Waals surface area contributed by atoms with E-state index in [0.29, 0.717) is 19.6 Å². The molecule has 4 nitrogen and oxygen atoms in total. The van der Waals surface area contributed by atoms with Gasteiger partial charge in [0.2, 0.25) is 5.91 Å². The lowest BCUT2D eigenvalue weighted by molar-refractivity contribution is -0.120. The summed E-state index contributed by atoms with van der Waals surface area (Å²) in [7, 11) is 1.63. The Kier molecular flexibility index (Phi) is 5.56. The van der Waals surface area contributed by atoms with Crippen LogP contribution in [0.4, 0.5) is 0 Å². The lowest BCUT2D eigenvalue weighted by atomic mass is 10.1. The van der Waals surface area contributed by atoms with Gasteiger partial charge in [0, 0.05) is 35.0 Å². The first-order valence-electron chi connectivity index (χ1n) is 7.86. The average molecular weight is 340 g/mol. The number of fused-ring (bicyclic) bond motifs is 1. The smallest absolute Gasteiger partial charge is 0.224 e. The molecule has 0 saturated carbocycles. The SMILES string of the molecule is COCCNC(=O)Cc1c(Sc2ccccc2)[nH]c2ccccc12. The molecule has 2 N–H and O–H groups in total. The van der Waals surface area contributed by atoms with E-state index in [1.165, 1.54) is 0 Å². The Hall–Kier alpha value is -2.24. The fourth-order valence-corrected chi connectivity index (χ4v) is 3.56. The molecular formula is C19H20N2O2S. The molecule has 0 aliphatic carbocycles. The van der Waals surface area contributed by atoms with Crippen LogP contribution in [0.25, 0.3) is 10.9 Å². The lowest BCUT2D eigenvalue weighted by Gasteiger charge is -2.06. The van der Waals surface area contributed by atoms with Crippen LogP contribution in [0.1, 0.15) is 5.56 Å². The number of ether oxygens (including phenoxy) is 1. The van der Waals surface area contributed by atoms with Gasteiger partial charge in [-0.15, -0.1) is 0 Å². The first-order chi connectivity index (χ1) is 11.8. The molecule has 0 radical (unpaired) electrons. The molecular weight excluding hydrogens is 320 g/mol. The van der Waals surface area contributed by atoms with E-state index in [1.54, 1.807) is 18.9 Å². The average Bonchev–Trinajstić information content (AvgIpc) is 2.93. The van der Waals surface area contributed by atoms with E-state index in [9.17, 15) is 4.79 Å². The fraction of sp³-hybridized carbons (Fsp3) is 0.211. The van der Waals surface area contributed by atoms with Crippen LogP contribution in [0, 0.1) is 0 Å². The number of aromatic nitrogens is 1. The molecule has 0 spiro atoms. The minimum Gasteiger partial charge on any atom is -0.383 e. The van der Waals surface area contributed by atoms with Gasteiger partial charge in [0.1, 0.15) is 0 Å². The summed E-state index contributed by atoms with van der Waals surface area (Å²) in [6.45, 7) is 1.05. The molecule has 1 amide bonds. The van der Waals surface area contributed by atoms with Crippen molar-refractivity contribution in [3.05, 3.63) is 60.2 Å². The van der Waals surface area contributed by atoms with E-state index in [1.807, 2.05) is 36.4 Å². The Morgan fingerprint density at radius 2 is 1.88 bits per heavy atom. The highest BCUT2D eigenvalue weighted by Crippen LogP contribution is 2.34.